The summed E-state index contributed by atoms with van der Waals surface area (Å²) in [4.78, 5) is 12.6. The highest BCUT2D eigenvalue weighted by Crippen LogP contribution is 2.47. The van der Waals surface area contributed by atoms with Crippen molar-refractivity contribution < 1.29 is 19.2 Å². The summed E-state index contributed by atoms with van der Waals surface area (Å²) in [7, 11) is 1.72. The topological polar surface area (TPSA) is 84.9 Å². The summed E-state index contributed by atoms with van der Waals surface area (Å²) >= 11 is -1.12. The Labute approximate surface area is 135 Å². The second-order valence-electron chi connectivity index (χ2n) is 7.48. The average molecular weight is 332 g/mol. The van der Waals surface area contributed by atoms with Crippen LogP contribution in [0.4, 0.5) is 4.79 Å². The number of nitrogens with one attached hydrogen (secondary N) is 1. The number of ether oxygens (including phenoxy) is 1. The normalized spacial score (nSPS) is 29.8. The van der Waals surface area contributed by atoms with Crippen molar-refractivity contribution in [3.63, 3.8) is 0 Å². The van der Waals surface area contributed by atoms with Crippen LogP contribution in [0.1, 0.15) is 46.5 Å². The van der Waals surface area contributed by atoms with Gasteiger partial charge < -0.3 is 19.3 Å². The van der Waals surface area contributed by atoms with Crippen molar-refractivity contribution >= 4 is 17.5 Å². The van der Waals surface area contributed by atoms with Gasteiger partial charge in [-0.1, -0.05) is 0 Å². The van der Waals surface area contributed by atoms with Crippen LogP contribution in [-0.4, -0.2) is 57.7 Å². The van der Waals surface area contributed by atoms with Gasteiger partial charge in [-0.05, 0) is 51.9 Å². The van der Waals surface area contributed by atoms with Crippen LogP contribution >= 0.6 is 0 Å². The number of likely N-dealkylation sites (tertiary alicyclic amines) is 1. The summed E-state index contributed by atoms with van der Waals surface area (Å²) < 4.78 is 21.0. The quantitative estimate of drug-likeness (QED) is 0.772. The predicted octanol–water partition coefficient (Wildman–Crippen LogP) is 1.98. The van der Waals surface area contributed by atoms with E-state index in [1.54, 1.807) is 7.11 Å². The first kappa shape index (κ1) is 17.8. The van der Waals surface area contributed by atoms with Gasteiger partial charge in [-0.2, -0.15) is 0 Å². The van der Waals surface area contributed by atoms with Gasteiger partial charge in [0.15, 0.2) is 0 Å². The second kappa shape index (κ2) is 6.55. The van der Waals surface area contributed by atoms with Crippen molar-refractivity contribution in [1.82, 2.24) is 9.62 Å². The smallest absolute Gasteiger partial charge is 0.407 e. The maximum absolute atomic E-state index is 12.5. The van der Waals surface area contributed by atoms with E-state index in [0.29, 0.717) is 13.1 Å². The highest BCUT2D eigenvalue weighted by molar-refractivity contribution is 7.90. The highest BCUT2D eigenvalue weighted by Gasteiger charge is 2.51. The molecule has 1 saturated heterocycles. The minimum atomic E-state index is -1.12. The molecule has 128 valence electrons. The molecule has 0 radical (unpaired) electrons. The van der Waals surface area contributed by atoms with Crippen molar-refractivity contribution in [2.24, 2.45) is 5.41 Å². The summed E-state index contributed by atoms with van der Waals surface area (Å²) in [6, 6.07) is 0.119. The number of hydrogen-bond donors (Lipinski definition) is 2. The fourth-order valence-electron chi connectivity index (χ4n) is 3.55. The SMILES string of the molecule is CO[C@H]1C[C@@H](N[S+]([O-])C(C)(C)C)C2(CCN(C(=O)O)CC2)C1. The fourth-order valence-corrected chi connectivity index (χ4v) is 4.50. The van der Waals surface area contributed by atoms with Crippen LogP contribution in [0.15, 0.2) is 0 Å². The summed E-state index contributed by atoms with van der Waals surface area (Å²) in [6.45, 7) is 6.97. The van der Waals surface area contributed by atoms with Gasteiger partial charge in [0.25, 0.3) is 0 Å². The van der Waals surface area contributed by atoms with E-state index in [-0.39, 0.29) is 22.3 Å². The fraction of sp³-hybridized carbons (Fsp3) is 0.933. The molecule has 6 nitrogen and oxygen atoms in total. The van der Waals surface area contributed by atoms with Gasteiger partial charge in [0, 0.05) is 31.6 Å². The molecule has 3 atom stereocenters. The number of carboxylic acid groups (broad SMARTS) is 1. The van der Waals surface area contributed by atoms with E-state index < -0.39 is 17.5 Å². The van der Waals surface area contributed by atoms with E-state index in [2.05, 4.69) is 4.72 Å². The van der Waals surface area contributed by atoms with E-state index in [4.69, 9.17) is 9.84 Å². The second-order valence-corrected chi connectivity index (χ2v) is 9.48. The standard InChI is InChI=1S/C15H28N2O4S/c1-14(2,3)22(20)16-12-9-11(21-4)10-15(12)5-7-17(8-6-15)13(18)19/h11-12,16H,5-10H2,1-4H3,(H,18,19)/t11-,12+,22?/m0/s1. The Morgan fingerprint density at radius 3 is 2.45 bits per heavy atom. The van der Waals surface area contributed by atoms with Crippen LogP contribution in [0, 0.1) is 5.41 Å². The Hall–Kier alpha value is -0.500. The maximum Gasteiger partial charge on any atom is 0.407 e. The first-order valence-electron chi connectivity index (χ1n) is 7.87. The first-order chi connectivity index (χ1) is 10.2. The number of methoxy groups -OCH3 is 1. The zero-order valence-corrected chi connectivity index (χ0v) is 14.7. The van der Waals surface area contributed by atoms with E-state index in [0.717, 1.165) is 25.7 Å². The summed E-state index contributed by atoms with van der Waals surface area (Å²) in [5.74, 6) is 0. The van der Waals surface area contributed by atoms with Crippen molar-refractivity contribution in [3.8, 4) is 0 Å². The van der Waals surface area contributed by atoms with Gasteiger partial charge in [-0.15, -0.1) is 4.72 Å². The number of rotatable bonds is 3. The molecular formula is C15H28N2O4S. The predicted molar refractivity (Wildman–Crippen MR) is 86.1 cm³/mol. The van der Waals surface area contributed by atoms with E-state index in [1.807, 2.05) is 20.8 Å². The molecule has 7 heteroatoms. The van der Waals surface area contributed by atoms with Crippen LogP contribution in [0.2, 0.25) is 0 Å². The molecule has 2 fully saturated rings. The van der Waals surface area contributed by atoms with Crippen LogP contribution in [0.5, 0.6) is 0 Å². The third-order valence-electron chi connectivity index (χ3n) is 5.04. The molecular weight excluding hydrogens is 304 g/mol. The molecule has 0 bridgehead atoms. The van der Waals surface area contributed by atoms with Crippen LogP contribution in [-0.2, 0) is 16.1 Å². The first-order valence-corrected chi connectivity index (χ1v) is 9.02. The minimum absolute atomic E-state index is 0.00641. The number of nitrogens with zero attached hydrogens (tertiary/aromatic N) is 1. The summed E-state index contributed by atoms with van der Waals surface area (Å²) in [6.07, 6.45) is 2.67. The van der Waals surface area contributed by atoms with Gasteiger partial charge in [0.2, 0.25) is 0 Å². The molecule has 1 aliphatic carbocycles. The molecule has 0 aromatic carbocycles. The third-order valence-corrected chi connectivity index (χ3v) is 6.65. The average Bonchev–Trinajstić information content (AvgIpc) is 2.76. The molecule has 1 heterocycles. The third kappa shape index (κ3) is 3.69. The molecule has 1 saturated carbocycles. The van der Waals surface area contributed by atoms with Gasteiger partial charge in [0.1, 0.15) is 4.75 Å². The van der Waals surface area contributed by atoms with Gasteiger partial charge in [0.05, 0.1) is 12.1 Å². The van der Waals surface area contributed by atoms with Crippen LogP contribution < -0.4 is 4.72 Å². The number of piperidine rings is 1. The summed E-state index contributed by atoms with van der Waals surface area (Å²) in [5.41, 5.74) is -0.00641. The van der Waals surface area contributed by atoms with Crippen molar-refractivity contribution in [2.75, 3.05) is 20.2 Å². The van der Waals surface area contributed by atoms with E-state index in [9.17, 15) is 9.35 Å². The van der Waals surface area contributed by atoms with Crippen molar-refractivity contribution in [2.45, 2.75) is 63.3 Å². The monoisotopic (exact) mass is 332 g/mol. The van der Waals surface area contributed by atoms with Gasteiger partial charge in [-0.25, -0.2) is 4.79 Å². The molecule has 0 aromatic heterocycles. The summed E-state index contributed by atoms with van der Waals surface area (Å²) in [5, 5.41) is 9.12. The molecule has 1 aliphatic heterocycles. The molecule has 2 rings (SSSR count). The van der Waals surface area contributed by atoms with E-state index >= 15 is 0 Å². The number of hydrogen-bond acceptors (Lipinski definition) is 4. The molecule has 22 heavy (non-hydrogen) atoms. The zero-order valence-electron chi connectivity index (χ0n) is 13.9. The molecule has 1 amide bonds. The molecule has 2 N–H and O–H groups in total. The molecule has 2 aliphatic rings. The lowest BCUT2D eigenvalue weighted by atomic mass is 9.74. The van der Waals surface area contributed by atoms with Crippen molar-refractivity contribution in [1.29, 1.82) is 0 Å². The molecule has 1 spiro atoms. The number of amides is 1. The Morgan fingerprint density at radius 2 is 2.00 bits per heavy atom. The Kier molecular flexibility index (Phi) is 5.31. The van der Waals surface area contributed by atoms with Crippen molar-refractivity contribution in [3.05, 3.63) is 0 Å². The Morgan fingerprint density at radius 1 is 1.41 bits per heavy atom. The van der Waals surface area contributed by atoms with E-state index in [1.165, 1.54) is 4.90 Å². The lowest BCUT2D eigenvalue weighted by Gasteiger charge is -2.42. The molecule has 0 aromatic rings. The number of carbonyl (C=O) groups is 1. The van der Waals surface area contributed by atoms with Crippen LogP contribution in [0.3, 0.4) is 0 Å². The zero-order chi connectivity index (χ0) is 16.5. The largest absolute Gasteiger partial charge is 0.598 e. The van der Waals surface area contributed by atoms with Crippen LogP contribution in [0.25, 0.3) is 0 Å². The van der Waals surface area contributed by atoms with Gasteiger partial charge in [-0.3, -0.25) is 0 Å². The Bertz CT molecular complexity index is 405. The minimum Gasteiger partial charge on any atom is -0.598 e. The van der Waals surface area contributed by atoms with Gasteiger partial charge >= 0.3 is 6.09 Å². The Balaban J connectivity index is 2.08. The lowest BCUT2D eigenvalue weighted by molar-refractivity contribution is 0.0603. The lowest BCUT2D eigenvalue weighted by Crippen LogP contribution is -2.53. The maximum atomic E-state index is 12.5. The highest BCUT2D eigenvalue weighted by atomic mass is 32.2. The molecule has 1 unspecified atom stereocenters.